The van der Waals surface area contributed by atoms with Crippen molar-refractivity contribution in [2.45, 2.75) is 24.9 Å². The van der Waals surface area contributed by atoms with E-state index in [9.17, 15) is 0 Å². The lowest BCUT2D eigenvalue weighted by Gasteiger charge is -2.08. The quantitative estimate of drug-likeness (QED) is 0.837. The van der Waals surface area contributed by atoms with E-state index in [-0.39, 0.29) is 6.04 Å². The van der Waals surface area contributed by atoms with Crippen molar-refractivity contribution in [1.29, 1.82) is 5.26 Å². The molecule has 0 aliphatic heterocycles. The minimum atomic E-state index is -0.230. The third-order valence-electron chi connectivity index (χ3n) is 2.07. The molecule has 1 heterocycles. The summed E-state index contributed by atoms with van der Waals surface area (Å²) < 4.78 is 0.722. The molecule has 1 aliphatic rings. The van der Waals surface area contributed by atoms with Gasteiger partial charge in [-0.15, -0.1) is 11.3 Å². The van der Waals surface area contributed by atoms with Crippen molar-refractivity contribution in [3.63, 3.8) is 0 Å². The average Bonchev–Trinajstić information content (AvgIpc) is 2.85. The maximum atomic E-state index is 8.93. The Kier molecular flexibility index (Phi) is 2.54. The lowest BCUT2D eigenvalue weighted by atomic mass is 10.2. The molecule has 1 unspecified atom stereocenters. The van der Waals surface area contributed by atoms with Crippen LogP contribution in [0.25, 0.3) is 0 Å². The molecule has 0 amide bonds. The lowest BCUT2D eigenvalue weighted by molar-refractivity contribution is 0.627. The number of halogens is 1. The Morgan fingerprint density at radius 1 is 1.69 bits per heavy atom. The van der Waals surface area contributed by atoms with Gasteiger partial charge in [0.1, 0.15) is 6.04 Å². The van der Waals surface area contributed by atoms with Gasteiger partial charge in [0.15, 0.2) is 0 Å². The summed E-state index contributed by atoms with van der Waals surface area (Å²) in [4.78, 5) is 0. The van der Waals surface area contributed by atoms with Crippen LogP contribution >= 0.6 is 22.9 Å². The van der Waals surface area contributed by atoms with Crippen LogP contribution in [-0.2, 0) is 0 Å². The molecule has 0 bridgehead atoms. The second-order valence-electron chi connectivity index (χ2n) is 3.15. The average molecular weight is 213 g/mol. The lowest BCUT2D eigenvalue weighted by Crippen LogP contribution is -2.21. The molecule has 1 saturated carbocycles. The summed E-state index contributed by atoms with van der Waals surface area (Å²) in [6.07, 6.45) is 2.36. The fraction of sp³-hybridized carbons (Fsp3) is 0.444. The molecule has 1 fully saturated rings. The highest BCUT2D eigenvalue weighted by Crippen LogP contribution is 2.30. The van der Waals surface area contributed by atoms with E-state index in [2.05, 4.69) is 11.4 Å². The molecular weight excluding hydrogens is 204 g/mol. The van der Waals surface area contributed by atoms with Crippen LogP contribution in [0.3, 0.4) is 0 Å². The summed E-state index contributed by atoms with van der Waals surface area (Å²) in [5, 5.41) is 14.1. The summed E-state index contributed by atoms with van der Waals surface area (Å²) in [5.41, 5.74) is 0.918. The minimum Gasteiger partial charge on any atom is -0.295 e. The molecule has 13 heavy (non-hydrogen) atoms. The molecule has 0 radical (unpaired) electrons. The Bertz CT molecular complexity index is 338. The van der Waals surface area contributed by atoms with Crippen molar-refractivity contribution in [1.82, 2.24) is 5.32 Å². The van der Waals surface area contributed by atoms with E-state index in [0.29, 0.717) is 6.04 Å². The van der Waals surface area contributed by atoms with Crippen LogP contribution in [0.4, 0.5) is 0 Å². The van der Waals surface area contributed by atoms with Crippen molar-refractivity contribution in [3.8, 4) is 6.07 Å². The van der Waals surface area contributed by atoms with Crippen molar-refractivity contribution < 1.29 is 0 Å². The molecule has 2 rings (SSSR count). The summed E-state index contributed by atoms with van der Waals surface area (Å²) in [6.45, 7) is 0. The molecule has 1 atom stereocenters. The number of rotatable bonds is 3. The molecule has 1 aliphatic carbocycles. The van der Waals surface area contributed by atoms with Crippen LogP contribution in [0.2, 0.25) is 4.34 Å². The predicted molar refractivity (Wildman–Crippen MR) is 53.8 cm³/mol. The van der Waals surface area contributed by atoms with Gasteiger partial charge in [-0.1, -0.05) is 11.6 Å². The zero-order valence-electron chi connectivity index (χ0n) is 6.96. The third kappa shape index (κ3) is 2.02. The Morgan fingerprint density at radius 2 is 2.46 bits per heavy atom. The number of nitrogens with one attached hydrogen (secondary N) is 1. The predicted octanol–water partition coefficient (Wildman–Crippen LogP) is 2.72. The second-order valence-corrected chi connectivity index (χ2v) is 4.67. The summed E-state index contributed by atoms with van der Waals surface area (Å²) in [5.74, 6) is 0. The highest BCUT2D eigenvalue weighted by Gasteiger charge is 2.26. The van der Waals surface area contributed by atoms with Gasteiger partial charge < -0.3 is 0 Å². The van der Waals surface area contributed by atoms with E-state index < -0.39 is 0 Å². The van der Waals surface area contributed by atoms with Gasteiger partial charge in [-0.05, 0) is 24.3 Å². The van der Waals surface area contributed by atoms with Crippen LogP contribution in [-0.4, -0.2) is 6.04 Å². The van der Waals surface area contributed by atoms with Crippen LogP contribution in [0.15, 0.2) is 11.4 Å². The number of nitriles is 1. The number of hydrogen-bond acceptors (Lipinski definition) is 3. The van der Waals surface area contributed by atoms with Gasteiger partial charge >= 0.3 is 0 Å². The third-order valence-corrected chi connectivity index (χ3v) is 3.27. The minimum absolute atomic E-state index is 0.230. The van der Waals surface area contributed by atoms with Crippen molar-refractivity contribution in [3.05, 3.63) is 21.3 Å². The largest absolute Gasteiger partial charge is 0.295 e. The first kappa shape index (κ1) is 9.01. The molecule has 1 aromatic rings. The Hall–Kier alpha value is -0.560. The van der Waals surface area contributed by atoms with Crippen molar-refractivity contribution >= 4 is 22.9 Å². The monoisotopic (exact) mass is 212 g/mol. The molecule has 68 valence electrons. The fourth-order valence-electron chi connectivity index (χ4n) is 1.19. The van der Waals surface area contributed by atoms with Gasteiger partial charge in [0.25, 0.3) is 0 Å². The van der Waals surface area contributed by atoms with E-state index in [1.54, 1.807) is 0 Å². The molecule has 2 nitrogen and oxygen atoms in total. The molecule has 1 N–H and O–H groups in total. The van der Waals surface area contributed by atoms with Crippen LogP contribution in [0.5, 0.6) is 0 Å². The molecule has 4 heteroatoms. The molecule has 1 aromatic heterocycles. The second kappa shape index (κ2) is 3.67. The number of thiophene rings is 1. The first-order valence-electron chi connectivity index (χ1n) is 4.20. The van der Waals surface area contributed by atoms with Crippen molar-refractivity contribution in [2.75, 3.05) is 0 Å². The van der Waals surface area contributed by atoms with E-state index in [1.807, 2.05) is 11.4 Å². The smallest absolute Gasteiger partial charge is 0.123 e. The molecule has 0 saturated heterocycles. The van der Waals surface area contributed by atoms with Crippen LogP contribution < -0.4 is 5.32 Å². The molecular formula is C9H9ClN2S. The van der Waals surface area contributed by atoms with Crippen LogP contribution in [0, 0.1) is 11.3 Å². The Morgan fingerprint density at radius 3 is 2.92 bits per heavy atom. The highest BCUT2D eigenvalue weighted by molar-refractivity contribution is 7.14. The van der Waals surface area contributed by atoms with Gasteiger partial charge in [0, 0.05) is 11.6 Å². The van der Waals surface area contributed by atoms with Gasteiger partial charge in [0.2, 0.25) is 0 Å². The summed E-state index contributed by atoms with van der Waals surface area (Å²) in [7, 11) is 0. The summed E-state index contributed by atoms with van der Waals surface area (Å²) in [6, 6.07) is 4.44. The van der Waals surface area contributed by atoms with Crippen molar-refractivity contribution in [2.24, 2.45) is 0 Å². The standard InChI is InChI=1S/C9H9ClN2S/c10-9-7(3-4-13-9)8(5-11)12-6-1-2-6/h3-4,6,8,12H,1-2H2. The topological polar surface area (TPSA) is 35.8 Å². The Balaban J connectivity index is 2.12. The first-order valence-corrected chi connectivity index (χ1v) is 5.45. The first-order chi connectivity index (χ1) is 6.31. The SMILES string of the molecule is N#CC(NC1CC1)c1ccsc1Cl. The van der Waals surface area contributed by atoms with E-state index in [1.165, 1.54) is 24.2 Å². The maximum Gasteiger partial charge on any atom is 0.123 e. The summed E-state index contributed by atoms with van der Waals surface area (Å²) >= 11 is 7.41. The number of nitrogens with zero attached hydrogens (tertiary/aromatic N) is 1. The zero-order chi connectivity index (χ0) is 9.26. The van der Waals surface area contributed by atoms with E-state index in [0.717, 1.165) is 9.90 Å². The fourth-order valence-corrected chi connectivity index (χ4v) is 2.18. The Labute approximate surface area is 86.1 Å². The van der Waals surface area contributed by atoms with E-state index >= 15 is 0 Å². The molecule has 0 spiro atoms. The van der Waals surface area contributed by atoms with Crippen LogP contribution in [0.1, 0.15) is 24.4 Å². The van der Waals surface area contributed by atoms with Gasteiger partial charge in [-0.2, -0.15) is 5.26 Å². The normalized spacial score (nSPS) is 18.2. The zero-order valence-corrected chi connectivity index (χ0v) is 8.53. The van der Waals surface area contributed by atoms with Gasteiger partial charge in [0.05, 0.1) is 10.4 Å². The highest BCUT2D eigenvalue weighted by atomic mass is 35.5. The number of hydrogen-bond donors (Lipinski definition) is 1. The molecule has 0 aromatic carbocycles. The van der Waals surface area contributed by atoms with Gasteiger partial charge in [-0.3, -0.25) is 5.32 Å². The van der Waals surface area contributed by atoms with E-state index in [4.69, 9.17) is 16.9 Å². The van der Waals surface area contributed by atoms with Gasteiger partial charge in [-0.25, -0.2) is 0 Å². The maximum absolute atomic E-state index is 8.93.